The van der Waals surface area contributed by atoms with E-state index in [1.807, 2.05) is 30.3 Å². The fourth-order valence-corrected chi connectivity index (χ4v) is 5.28. The van der Waals surface area contributed by atoms with Crippen molar-refractivity contribution in [1.82, 2.24) is 0 Å². The van der Waals surface area contributed by atoms with Crippen LogP contribution < -0.4 is 4.46 Å². The maximum absolute atomic E-state index is 11.8. The molecule has 10 heteroatoms. The van der Waals surface area contributed by atoms with Crippen molar-refractivity contribution in [2.24, 2.45) is 0 Å². The van der Waals surface area contributed by atoms with E-state index in [1.54, 1.807) is 0 Å². The molecular formula is C20H24O9Se. The number of carbonyl (C=O) groups excluding carboxylic acids is 4. The summed E-state index contributed by atoms with van der Waals surface area (Å²) in [6.07, 6.45) is -4.17. The Kier molecular flexibility index (Phi) is 8.83. The number of hydrogen-bond donors (Lipinski definition) is 0. The first-order valence-electron chi connectivity index (χ1n) is 9.19. The third-order valence-corrected chi connectivity index (χ3v) is 6.37. The fourth-order valence-electron chi connectivity index (χ4n) is 2.92. The summed E-state index contributed by atoms with van der Waals surface area (Å²) < 4.78 is 28.3. The van der Waals surface area contributed by atoms with E-state index in [-0.39, 0.29) is 21.6 Å². The average Bonchev–Trinajstić information content (AvgIpc) is 2.64. The molecule has 164 valence electrons. The van der Waals surface area contributed by atoms with Gasteiger partial charge in [-0.2, -0.15) is 0 Å². The predicted molar refractivity (Wildman–Crippen MR) is 104 cm³/mol. The van der Waals surface area contributed by atoms with Crippen molar-refractivity contribution < 1.29 is 42.9 Å². The maximum atomic E-state index is 11.8. The van der Waals surface area contributed by atoms with Gasteiger partial charge in [0.1, 0.15) is 0 Å². The molecule has 0 radical (unpaired) electrons. The van der Waals surface area contributed by atoms with Gasteiger partial charge in [0, 0.05) is 0 Å². The number of esters is 4. The van der Waals surface area contributed by atoms with E-state index in [0.717, 1.165) is 4.46 Å². The van der Waals surface area contributed by atoms with Gasteiger partial charge in [-0.15, -0.1) is 0 Å². The van der Waals surface area contributed by atoms with Crippen LogP contribution in [0.2, 0.25) is 0 Å². The summed E-state index contributed by atoms with van der Waals surface area (Å²) in [5.74, 6) is -2.44. The minimum atomic E-state index is -1.13. The first kappa shape index (κ1) is 23.9. The van der Waals surface area contributed by atoms with Crippen molar-refractivity contribution >= 4 is 43.3 Å². The van der Waals surface area contributed by atoms with Gasteiger partial charge in [-0.05, 0) is 0 Å². The van der Waals surface area contributed by atoms with Crippen molar-refractivity contribution in [1.29, 1.82) is 0 Å². The molecule has 1 aromatic rings. The molecule has 2 rings (SSSR count). The van der Waals surface area contributed by atoms with Crippen molar-refractivity contribution in [2.75, 3.05) is 6.61 Å². The summed E-state index contributed by atoms with van der Waals surface area (Å²) in [6.45, 7) is 4.63. The Balaban J connectivity index is 2.42. The van der Waals surface area contributed by atoms with E-state index in [9.17, 15) is 19.2 Å². The second kappa shape index (κ2) is 11.1. The summed E-state index contributed by atoms with van der Waals surface area (Å²) in [5, 5.41) is -0.680. The number of rotatable bonds is 7. The summed E-state index contributed by atoms with van der Waals surface area (Å²) in [4.78, 5) is 46.6. The quantitative estimate of drug-likeness (QED) is 0.300. The Hall–Kier alpha value is -2.42. The Morgan fingerprint density at radius 1 is 0.800 bits per heavy atom. The third kappa shape index (κ3) is 7.12. The van der Waals surface area contributed by atoms with E-state index in [2.05, 4.69) is 0 Å². The molecular weight excluding hydrogens is 463 g/mol. The molecule has 0 amide bonds. The molecule has 30 heavy (non-hydrogen) atoms. The van der Waals surface area contributed by atoms with Crippen molar-refractivity contribution in [3.63, 3.8) is 0 Å². The molecule has 1 heterocycles. The molecule has 3 unspecified atom stereocenters. The summed E-state index contributed by atoms with van der Waals surface area (Å²) in [6, 6.07) is 9.39. The van der Waals surface area contributed by atoms with Gasteiger partial charge < -0.3 is 0 Å². The SMILES string of the molecule is CC(=O)OCC1O[C@@H]([Se]c2ccccc2)C(OC(C)=O)C(OC(C)=O)[C@H]1OC(C)=O. The molecule has 0 bridgehead atoms. The van der Waals surface area contributed by atoms with E-state index in [1.165, 1.54) is 27.7 Å². The van der Waals surface area contributed by atoms with Crippen LogP contribution in [0.25, 0.3) is 0 Å². The first-order chi connectivity index (χ1) is 14.2. The van der Waals surface area contributed by atoms with Crippen LogP contribution in [0.4, 0.5) is 0 Å². The van der Waals surface area contributed by atoms with E-state index >= 15 is 0 Å². The standard InChI is InChI=1S/C20H24O9Se/c1-11(21)25-10-16-17(26-12(2)22)18(27-13(3)23)19(28-14(4)24)20(29-16)30-15-8-6-5-7-9-15/h5-9,16-20H,10H2,1-4H3/t16?,17-,18?,19?,20-/m0/s1. The van der Waals surface area contributed by atoms with Crippen LogP contribution in [0.3, 0.4) is 0 Å². The van der Waals surface area contributed by atoms with Crippen molar-refractivity contribution in [2.45, 2.75) is 57.1 Å². The number of benzene rings is 1. The molecule has 9 nitrogen and oxygen atoms in total. The molecule has 0 aromatic heterocycles. The summed E-state index contributed by atoms with van der Waals surface area (Å²) in [7, 11) is 0. The molecule has 5 atom stereocenters. The number of carbonyl (C=O) groups is 4. The molecule has 0 N–H and O–H groups in total. The average molecular weight is 487 g/mol. The number of hydrogen-bond acceptors (Lipinski definition) is 9. The molecule has 1 aromatic carbocycles. The second-order valence-electron chi connectivity index (χ2n) is 6.50. The fraction of sp³-hybridized carbons (Fsp3) is 0.500. The molecule has 0 spiro atoms. The zero-order chi connectivity index (χ0) is 22.3. The molecule has 0 aliphatic carbocycles. The van der Waals surface area contributed by atoms with Crippen molar-refractivity contribution in [3.05, 3.63) is 30.3 Å². The van der Waals surface area contributed by atoms with Gasteiger partial charge in [0.25, 0.3) is 0 Å². The predicted octanol–water partition coefficient (Wildman–Crippen LogP) is 0.0992. The van der Waals surface area contributed by atoms with Gasteiger partial charge >= 0.3 is 180 Å². The van der Waals surface area contributed by atoms with Gasteiger partial charge in [0.15, 0.2) is 0 Å². The number of ether oxygens (including phenoxy) is 5. The Morgan fingerprint density at radius 3 is 1.87 bits per heavy atom. The third-order valence-electron chi connectivity index (χ3n) is 3.94. The van der Waals surface area contributed by atoms with Gasteiger partial charge in [-0.1, -0.05) is 0 Å². The van der Waals surface area contributed by atoms with E-state index in [4.69, 9.17) is 23.7 Å². The Morgan fingerprint density at radius 2 is 1.33 bits per heavy atom. The van der Waals surface area contributed by atoms with Crippen LogP contribution in [0, 0.1) is 0 Å². The van der Waals surface area contributed by atoms with Gasteiger partial charge in [0.2, 0.25) is 0 Å². The van der Waals surface area contributed by atoms with Crippen LogP contribution in [0.15, 0.2) is 30.3 Å². The van der Waals surface area contributed by atoms with Crippen LogP contribution in [0.1, 0.15) is 27.7 Å². The van der Waals surface area contributed by atoms with Gasteiger partial charge in [-0.25, -0.2) is 0 Å². The van der Waals surface area contributed by atoms with Gasteiger partial charge in [-0.3, -0.25) is 0 Å². The normalized spacial score (nSPS) is 25.7. The molecule has 1 saturated heterocycles. The molecule has 1 aliphatic rings. The molecule has 0 saturated carbocycles. The zero-order valence-electron chi connectivity index (χ0n) is 17.1. The first-order valence-corrected chi connectivity index (χ1v) is 11.0. The Bertz CT molecular complexity index is 767. The summed E-state index contributed by atoms with van der Waals surface area (Å²) in [5.41, 5.74) is 0. The summed E-state index contributed by atoms with van der Waals surface area (Å²) >= 11 is -0.366. The van der Waals surface area contributed by atoms with Crippen LogP contribution in [0.5, 0.6) is 0 Å². The van der Waals surface area contributed by atoms with Crippen molar-refractivity contribution in [3.8, 4) is 0 Å². The van der Waals surface area contributed by atoms with E-state index in [0.29, 0.717) is 0 Å². The minimum absolute atomic E-state index is 0.223. The van der Waals surface area contributed by atoms with Crippen LogP contribution in [-0.2, 0) is 42.9 Å². The van der Waals surface area contributed by atoms with E-state index < -0.39 is 53.3 Å². The second-order valence-corrected chi connectivity index (χ2v) is 8.96. The van der Waals surface area contributed by atoms with Crippen LogP contribution >= 0.6 is 0 Å². The molecule has 1 aliphatic heterocycles. The molecule has 1 fully saturated rings. The zero-order valence-corrected chi connectivity index (χ0v) is 18.8. The van der Waals surface area contributed by atoms with Gasteiger partial charge in [0.05, 0.1) is 0 Å². The topological polar surface area (TPSA) is 114 Å². The monoisotopic (exact) mass is 488 g/mol. The Labute approximate surface area is 180 Å². The van der Waals surface area contributed by atoms with Crippen LogP contribution in [-0.4, -0.2) is 74.9 Å².